The SMILES string of the molecule is Nc1ccc(C2CCN(CC3CN(c4ccc5c(c4)C(=O)N(C4CCC(=O)NC4=O)C5=O)C3)CC2)cc1. The molecule has 9 nitrogen and oxygen atoms in total. The predicted molar refractivity (Wildman–Crippen MR) is 138 cm³/mol. The van der Waals surface area contributed by atoms with Crippen molar-refractivity contribution in [3.05, 3.63) is 59.2 Å². The number of carbonyl (C=O) groups excluding carboxylic acids is 4. The first-order valence-electron chi connectivity index (χ1n) is 13.1. The number of rotatable bonds is 5. The number of hydrogen-bond acceptors (Lipinski definition) is 7. The van der Waals surface area contributed by atoms with E-state index in [-0.39, 0.29) is 18.7 Å². The zero-order valence-corrected chi connectivity index (χ0v) is 20.7. The third-order valence-electron chi connectivity index (χ3n) is 8.26. The van der Waals surface area contributed by atoms with Crippen LogP contribution in [0.1, 0.15) is 57.9 Å². The van der Waals surface area contributed by atoms with E-state index in [0.717, 1.165) is 61.8 Å². The molecule has 192 valence electrons. The maximum atomic E-state index is 13.1. The molecule has 0 radical (unpaired) electrons. The van der Waals surface area contributed by atoms with Crippen molar-refractivity contribution in [3.63, 3.8) is 0 Å². The van der Waals surface area contributed by atoms with E-state index in [2.05, 4.69) is 27.2 Å². The molecule has 1 atom stereocenters. The highest BCUT2D eigenvalue weighted by Crippen LogP contribution is 2.34. The molecule has 3 N–H and O–H groups in total. The van der Waals surface area contributed by atoms with Crippen molar-refractivity contribution in [3.8, 4) is 0 Å². The van der Waals surface area contributed by atoms with E-state index in [1.54, 1.807) is 12.1 Å². The molecule has 4 aliphatic heterocycles. The van der Waals surface area contributed by atoms with Crippen LogP contribution in [0.3, 0.4) is 0 Å². The minimum Gasteiger partial charge on any atom is -0.399 e. The Morgan fingerprint density at radius 1 is 0.865 bits per heavy atom. The summed E-state index contributed by atoms with van der Waals surface area (Å²) in [6, 6.07) is 12.7. The summed E-state index contributed by atoms with van der Waals surface area (Å²) < 4.78 is 0. The van der Waals surface area contributed by atoms with E-state index in [1.165, 1.54) is 5.56 Å². The second kappa shape index (κ2) is 9.30. The molecule has 0 aromatic heterocycles. The Morgan fingerprint density at radius 2 is 1.57 bits per heavy atom. The van der Waals surface area contributed by atoms with Crippen molar-refractivity contribution in [2.45, 2.75) is 37.6 Å². The average Bonchev–Trinajstić information content (AvgIpc) is 3.11. The largest absolute Gasteiger partial charge is 0.399 e. The van der Waals surface area contributed by atoms with Gasteiger partial charge in [0, 0.05) is 43.3 Å². The topological polar surface area (TPSA) is 116 Å². The highest BCUT2D eigenvalue weighted by atomic mass is 16.2. The van der Waals surface area contributed by atoms with Crippen molar-refractivity contribution in [2.75, 3.05) is 43.4 Å². The van der Waals surface area contributed by atoms with E-state index in [4.69, 9.17) is 5.73 Å². The molecule has 3 saturated heterocycles. The fourth-order valence-electron chi connectivity index (χ4n) is 6.13. The fraction of sp³-hybridized carbons (Fsp3) is 0.429. The lowest BCUT2D eigenvalue weighted by atomic mass is 9.88. The molecule has 0 saturated carbocycles. The highest BCUT2D eigenvalue weighted by molar-refractivity contribution is 6.23. The molecule has 1 unspecified atom stereocenters. The Balaban J connectivity index is 1.03. The molecule has 9 heteroatoms. The van der Waals surface area contributed by atoms with E-state index < -0.39 is 23.8 Å². The van der Waals surface area contributed by atoms with Gasteiger partial charge in [-0.1, -0.05) is 12.1 Å². The van der Waals surface area contributed by atoms with Gasteiger partial charge in [-0.15, -0.1) is 0 Å². The number of nitrogens with one attached hydrogen (secondary N) is 1. The van der Waals surface area contributed by atoms with Crippen molar-refractivity contribution in [1.82, 2.24) is 15.1 Å². The number of nitrogen functional groups attached to an aromatic ring is 1. The van der Waals surface area contributed by atoms with E-state index in [9.17, 15) is 19.2 Å². The van der Waals surface area contributed by atoms with Gasteiger partial charge in [-0.3, -0.25) is 29.4 Å². The Kier molecular flexibility index (Phi) is 5.95. The molecule has 0 aliphatic carbocycles. The molecular weight excluding hydrogens is 470 g/mol. The third-order valence-corrected chi connectivity index (χ3v) is 8.26. The monoisotopic (exact) mass is 501 g/mol. The number of benzene rings is 2. The Hall–Kier alpha value is -3.72. The lowest BCUT2D eigenvalue weighted by molar-refractivity contribution is -0.136. The van der Waals surface area contributed by atoms with Gasteiger partial charge in [0.15, 0.2) is 0 Å². The van der Waals surface area contributed by atoms with Gasteiger partial charge in [0.05, 0.1) is 11.1 Å². The minimum absolute atomic E-state index is 0.114. The number of carbonyl (C=O) groups is 4. The summed E-state index contributed by atoms with van der Waals surface area (Å²) in [6.45, 7) is 5.08. The van der Waals surface area contributed by atoms with E-state index in [0.29, 0.717) is 23.0 Å². The Morgan fingerprint density at radius 3 is 2.27 bits per heavy atom. The standard InChI is InChI=1S/C28H31N5O4/c29-20-3-1-18(2-4-20)19-9-11-31(12-10-19)14-17-15-32(16-17)21-5-6-22-23(13-21)28(37)33(27(22)36)24-7-8-25(34)30-26(24)35/h1-6,13,17,19,24H,7-12,14-16,29H2,(H,30,34,35). The van der Waals surface area contributed by atoms with Crippen LogP contribution < -0.4 is 16.0 Å². The summed E-state index contributed by atoms with van der Waals surface area (Å²) in [6.07, 6.45) is 2.59. The highest BCUT2D eigenvalue weighted by Gasteiger charge is 2.45. The first kappa shape index (κ1) is 23.7. The van der Waals surface area contributed by atoms with E-state index in [1.807, 2.05) is 18.2 Å². The molecule has 6 rings (SSSR count). The van der Waals surface area contributed by atoms with Crippen LogP contribution in [0.4, 0.5) is 11.4 Å². The third kappa shape index (κ3) is 4.37. The Bertz CT molecular complexity index is 1260. The molecular formula is C28H31N5O4. The van der Waals surface area contributed by atoms with Crippen LogP contribution >= 0.6 is 0 Å². The molecule has 3 fully saturated rings. The zero-order chi connectivity index (χ0) is 25.7. The van der Waals surface area contributed by atoms with Gasteiger partial charge in [-0.2, -0.15) is 0 Å². The van der Waals surface area contributed by atoms with Gasteiger partial charge >= 0.3 is 0 Å². The number of hydrogen-bond donors (Lipinski definition) is 2. The molecule has 37 heavy (non-hydrogen) atoms. The van der Waals surface area contributed by atoms with Gasteiger partial charge in [0.1, 0.15) is 6.04 Å². The summed E-state index contributed by atoms with van der Waals surface area (Å²) in [4.78, 5) is 55.6. The second-order valence-electron chi connectivity index (χ2n) is 10.7. The smallest absolute Gasteiger partial charge is 0.262 e. The summed E-state index contributed by atoms with van der Waals surface area (Å²) in [5.41, 5.74) is 9.58. The number of fused-ring (bicyclic) bond motifs is 1. The van der Waals surface area contributed by atoms with Crippen LogP contribution in [0.15, 0.2) is 42.5 Å². The summed E-state index contributed by atoms with van der Waals surface area (Å²) in [5, 5.41) is 2.23. The van der Waals surface area contributed by atoms with E-state index >= 15 is 0 Å². The van der Waals surface area contributed by atoms with Crippen molar-refractivity contribution in [1.29, 1.82) is 0 Å². The molecule has 0 bridgehead atoms. The zero-order valence-electron chi connectivity index (χ0n) is 20.7. The van der Waals surface area contributed by atoms with Gasteiger partial charge in [0.2, 0.25) is 11.8 Å². The fourth-order valence-corrected chi connectivity index (χ4v) is 6.13. The molecule has 2 aromatic rings. The molecule has 4 heterocycles. The predicted octanol–water partition coefficient (Wildman–Crippen LogP) is 1.99. The number of piperidine rings is 2. The molecule has 2 aromatic carbocycles. The number of anilines is 2. The maximum absolute atomic E-state index is 13.1. The number of likely N-dealkylation sites (tertiary alicyclic amines) is 1. The first-order valence-corrected chi connectivity index (χ1v) is 13.1. The van der Waals surface area contributed by atoms with Crippen molar-refractivity contribution >= 4 is 35.0 Å². The van der Waals surface area contributed by atoms with Crippen molar-refractivity contribution in [2.24, 2.45) is 5.92 Å². The quantitative estimate of drug-likeness (QED) is 0.475. The van der Waals surface area contributed by atoms with Gasteiger partial charge in [-0.05, 0) is 74.2 Å². The maximum Gasteiger partial charge on any atom is 0.262 e. The lowest BCUT2D eigenvalue weighted by Gasteiger charge is -2.44. The lowest BCUT2D eigenvalue weighted by Crippen LogP contribution is -2.54. The van der Waals surface area contributed by atoms with Crippen LogP contribution in [0, 0.1) is 5.92 Å². The number of imide groups is 2. The van der Waals surface area contributed by atoms with Crippen LogP contribution in [-0.2, 0) is 9.59 Å². The summed E-state index contributed by atoms with van der Waals surface area (Å²) in [7, 11) is 0. The molecule has 0 spiro atoms. The normalized spacial score (nSPS) is 23.3. The van der Waals surface area contributed by atoms with Crippen LogP contribution in [-0.4, -0.2) is 72.2 Å². The summed E-state index contributed by atoms with van der Waals surface area (Å²) in [5.74, 6) is -0.727. The Labute approximate surface area is 215 Å². The first-order chi connectivity index (χ1) is 17.9. The minimum atomic E-state index is -0.939. The number of nitrogens with two attached hydrogens (primary N) is 1. The molecule has 4 aliphatic rings. The number of amides is 4. The van der Waals surface area contributed by atoms with Crippen LogP contribution in [0.2, 0.25) is 0 Å². The summed E-state index contributed by atoms with van der Waals surface area (Å²) >= 11 is 0. The number of nitrogens with zero attached hydrogens (tertiary/aromatic N) is 3. The van der Waals surface area contributed by atoms with Gasteiger partial charge in [-0.25, -0.2) is 0 Å². The van der Waals surface area contributed by atoms with Gasteiger partial charge < -0.3 is 15.5 Å². The average molecular weight is 502 g/mol. The van der Waals surface area contributed by atoms with Crippen LogP contribution in [0.25, 0.3) is 0 Å². The van der Waals surface area contributed by atoms with Crippen LogP contribution in [0.5, 0.6) is 0 Å². The second-order valence-corrected chi connectivity index (χ2v) is 10.7. The van der Waals surface area contributed by atoms with Crippen molar-refractivity contribution < 1.29 is 19.2 Å². The molecule has 4 amide bonds. The van der Waals surface area contributed by atoms with Gasteiger partial charge in [0.25, 0.3) is 11.8 Å².